The molecule has 2 aromatic carbocycles. The number of carbonyl (C=O) groups is 3. The van der Waals surface area contributed by atoms with Gasteiger partial charge in [-0.05, 0) is 59.3 Å². The lowest BCUT2D eigenvalue weighted by Gasteiger charge is -2.14. The number of halogens is 1. The van der Waals surface area contributed by atoms with Crippen molar-refractivity contribution in [1.29, 1.82) is 0 Å². The Morgan fingerprint density at radius 2 is 1.58 bits per heavy atom. The van der Waals surface area contributed by atoms with Gasteiger partial charge < -0.3 is 24.1 Å². The van der Waals surface area contributed by atoms with E-state index in [1.807, 2.05) is 25.1 Å². The van der Waals surface area contributed by atoms with Crippen LogP contribution in [-0.4, -0.2) is 50.1 Å². The van der Waals surface area contributed by atoms with Gasteiger partial charge in [-0.1, -0.05) is 13.8 Å². The number of ether oxygens (including phenoxy) is 4. The molecule has 0 unspecified atom stereocenters. The molecule has 11 heteroatoms. The van der Waals surface area contributed by atoms with Gasteiger partial charge in [0, 0.05) is 50.6 Å². The van der Waals surface area contributed by atoms with Crippen LogP contribution in [0.25, 0.3) is 20.2 Å². The number of carboxylic acids is 1. The molecule has 0 aliphatic rings. The molecule has 0 saturated carbocycles. The zero-order valence-corrected chi connectivity index (χ0v) is 28.0. The van der Waals surface area contributed by atoms with E-state index in [1.54, 1.807) is 38.5 Å². The Morgan fingerprint density at radius 1 is 0.884 bits per heavy atom. The molecule has 0 aliphatic carbocycles. The number of carbonyl (C=O) groups excluding carboxylic acids is 2. The highest BCUT2D eigenvalue weighted by Crippen LogP contribution is 2.44. The summed E-state index contributed by atoms with van der Waals surface area (Å²) in [5.41, 5.74) is 0. The molecule has 4 rings (SSSR count). The summed E-state index contributed by atoms with van der Waals surface area (Å²) in [5, 5.41) is 11.0. The van der Waals surface area contributed by atoms with Crippen molar-refractivity contribution in [3.8, 4) is 23.0 Å². The molecule has 2 atom stereocenters. The number of aryl methyl sites for hydroxylation is 1. The normalized spacial score (nSPS) is 12.7. The minimum absolute atomic E-state index is 0.0506. The maximum Gasteiger partial charge on any atom is 0.306 e. The number of Topliss-reactive ketones (excluding diaryl/α,β-unsaturated/α-hetero) is 2. The van der Waals surface area contributed by atoms with Crippen molar-refractivity contribution in [3.05, 3.63) is 44.6 Å². The second-order valence-corrected chi connectivity index (χ2v) is 13.5. The summed E-state index contributed by atoms with van der Waals surface area (Å²) in [4.78, 5) is 37.2. The highest BCUT2D eigenvalue weighted by atomic mass is 79.9. The zero-order chi connectivity index (χ0) is 31.3. The molecule has 2 heterocycles. The fourth-order valence-corrected chi connectivity index (χ4v) is 7.37. The van der Waals surface area contributed by atoms with Gasteiger partial charge in [-0.25, -0.2) is 0 Å². The molecule has 0 saturated heterocycles. The number of hydrogen-bond acceptors (Lipinski definition) is 9. The zero-order valence-electron chi connectivity index (χ0n) is 24.8. The number of aliphatic carboxylic acids is 1. The van der Waals surface area contributed by atoms with Gasteiger partial charge in [-0.2, -0.15) is 0 Å². The largest absolute Gasteiger partial charge is 0.493 e. The first kappa shape index (κ1) is 32.8. The smallest absolute Gasteiger partial charge is 0.306 e. The molecule has 0 radical (unpaired) electrons. The number of methoxy groups -OCH3 is 2. The van der Waals surface area contributed by atoms with Crippen LogP contribution in [0.3, 0.4) is 0 Å². The van der Waals surface area contributed by atoms with Crippen molar-refractivity contribution in [1.82, 2.24) is 0 Å². The number of rotatable bonds is 16. The SMILES string of the molecule is COc1cc2sc(CC[C@H](C)C(C)=O)cc2cc1OCCCOc1c(OC)cc2sc(C(=O)C[C@H](C)C(=O)O)cc2c1Br. The molecule has 0 amide bonds. The second-order valence-electron chi connectivity index (χ2n) is 10.5. The molecule has 0 fully saturated rings. The quantitative estimate of drug-likeness (QED) is 0.0926. The molecule has 0 spiro atoms. The Morgan fingerprint density at radius 3 is 2.26 bits per heavy atom. The van der Waals surface area contributed by atoms with Crippen LogP contribution in [0.1, 0.15) is 54.6 Å². The molecule has 1 N–H and O–H groups in total. The Labute approximate surface area is 267 Å². The van der Waals surface area contributed by atoms with Crippen molar-refractivity contribution in [3.63, 3.8) is 0 Å². The number of benzene rings is 2. The average Bonchev–Trinajstić information content (AvgIpc) is 3.59. The summed E-state index contributed by atoms with van der Waals surface area (Å²) >= 11 is 6.62. The van der Waals surface area contributed by atoms with Crippen LogP contribution >= 0.6 is 38.6 Å². The van der Waals surface area contributed by atoms with Gasteiger partial charge in [0.25, 0.3) is 0 Å². The summed E-state index contributed by atoms with van der Waals surface area (Å²) in [6.45, 7) is 5.88. The summed E-state index contributed by atoms with van der Waals surface area (Å²) in [7, 11) is 3.18. The minimum Gasteiger partial charge on any atom is -0.493 e. The highest BCUT2D eigenvalue weighted by molar-refractivity contribution is 9.10. The number of hydrogen-bond donors (Lipinski definition) is 1. The number of ketones is 2. The van der Waals surface area contributed by atoms with Crippen LogP contribution in [0.4, 0.5) is 0 Å². The highest BCUT2D eigenvalue weighted by Gasteiger charge is 2.22. The summed E-state index contributed by atoms with van der Waals surface area (Å²) in [6.07, 6.45) is 2.21. The van der Waals surface area contributed by atoms with E-state index in [1.165, 1.54) is 23.1 Å². The second kappa shape index (κ2) is 14.5. The van der Waals surface area contributed by atoms with Crippen molar-refractivity contribution in [2.45, 2.75) is 46.5 Å². The van der Waals surface area contributed by atoms with Crippen LogP contribution in [0.2, 0.25) is 0 Å². The lowest BCUT2D eigenvalue weighted by molar-refractivity contribution is -0.141. The Bertz CT molecular complexity index is 1640. The lowest BCUT2D eigenvalue weighted by Crippen LogP contribution is -2.13. The molecular weight excluding hydrogens is 656 g/mol. The van der Waals surface area contributed by atoms with Gasteiger partial charge in [-0.15, -0.1) is 22.7 Å². The molecule has 4 aromatic rings. The molecule has 0 bridgehead atoms. The van der Waals surface area contributed by atoms with E-state index >= 15 is 0 Å². The third-order valence-electron chi connectivity index (χ3n) is 7.25. The van der Waals surface area contributed by atoms with Gasteiger partial charge in [0.2, 0.25) is 0 Å². The van der Waals surface area contributed by atoms with E-state index in [4.69, 9.17) is 24.1 Å². The molecule has 43 heavy (non-hydrogen) atoms. The van der Waals surface area contributed by atoms with Crippen molar-refractivity contribution >= 4 is 76.3 Å². The van der Waals surface area contributed by atoms with Crippen molar-refractivity contribution in [2.75, 3.05) is 27.4 Å². The first-order valence-electron chi connectivity index (χ1n) is 13.9. The third-order valence-corrected chi connectivity index (χ3v) is 10.3. The molecular formula is C32H35BrO8S2. The van der Waals surface area contributed by atoms with Crippen LogP contribution in [0, 0.1) is 11.8 Å². The maximum atomic E-state index is 12.7. The predicted octanol–water partition coefficient (Wildman–Crippen LogP) is 8.19. The van der Waals surface area contributed by atoms with Crippen molar-refractivity contribution in [2.24, 2.45) is 11.8 Å². The number of fused-ring (bicyclic) bond motifs is 2. The Kier molecular flexibility index (Phi) is 11.1. The van der Waals surface area contributed by atoms with E-state index in [0.29, 0.717) is 52.0 Å². The Balaban J connectivity index is 1.39. The van der Waals surface area contributed by atoms with Gasteiger partial charge in [0.1, 0.15) is 5.78 Å². The third kappa shape index (κ3) is 7.87. The van der Waals surface area contributed by atoms with Gasteiger partial charge in [0.05, 0.1) is 42.7 Å². The average molecular weight is 692 g/mol. The van der Waals surface area contributed by atoms with Gasteiger partial charge in [-0.3, -0.25) is 14.4 Å². The van der Waals surface area contributed by atoms with Crippen LogP contribution in [0.15, 0.2) is 34.8 Å². The standard InChI is InChI=1S/C32H35BrO8S2/c1-17(19(3)34)7-8-21-12-20-13-25(24(38-4)15-27(20)42-21)40-9-6-10-41-31-26(39-5)16-28-22(30(31)33)14-29(43-28)23(35)11-18(2)32(36)37/h12-18H,6-11H2,1-5H3,(H,36,37)/t17-,18-/m0/s1. The number of carboxylic acid groups (broad SMARTS) is 1. The summed E-state index contributed by atoms with van der Waals surface area (Å²) in [6, 6.07) is 9.72. The topological polar surface area (TPSA) is 108 Å². The van der Waals surface area contributed by atoms with E-state index < -0.39 is 11.9 Å². The van der Waals surface area contributed by atoms with Crippen LogP contribution in [0.5, 0.6) is 23.0 Å². The molecule has 8 nitrogen and oxygen atoms in total. The lowest BCUT2D eigenvalue weighted by atomic mass is 10.0. The van der Waals surface area contributed by atoms with E-state index in [-0.39, 0.29) is 23.9 Å². The van der Waals surface area contributed by atoms with E-state index in [9.17, 15) is 14.4 Å². The first-order chi connectivity index (χ1) is 20.5. The van der Waals surface area contributed by atoms with Crippen LogP contribution < -0.4 is 18.9 Å². The molecule has 2 aromatic heterocycles. The number of thiophene rings is 2. The van der Waals surface area contributed by atoms with E-state index in [2.05, 4.69) is 22.0 Å². The predicted molar refractivity (Wildman–Crippen MR) is 174 cm³/mol. The van der Waals surface area contributed by atoms with Crippen LogP contribution in [-0.2, 0) is 16.0 Å². The fourth-order valence-electron chi connectivity index (χ4n) is 4.46. The fraction of sp³-hybridized carbons (Fsp3) is 0.406. The minimum atomic E-state index is -0.997. The van der Waals surface area contributed by atoms with Gasteiger partial charge >= 0.3 is 5.97 Å². The first-order valence-corrected chi connectivity index (χ1v) is 16.4. The summed E-state index contributed by atoms with van der Waals surface area (Å²) in [5.74, 6) is 0.667. The molecule has 230 valence electrons. The Hall–Kier alpha value is -3.15. The maximum absolute atomic E-state index is 12.7. The molecule has 0 aliphatic heterocycles. The van der Waals surface area contributed by atoms with Crippen molar-refractivity contribution < 1.29 is 38.4 Å². The van der Waals surface area contributed by atoms with Gasteiger partial charge in [0.15, 0.2) is 28.8 Å². The monoisotopic (exact) mass is 690 g/mol. The summed E-state index contributed by atoms with van der Waals surface area (Å²) < 4.78 is 25.9. The van der Waals surface area contributed by atoms with E-state index in [0.717, 1.165) is 33.0 Å².